The molecule has 0 aliphatic carbocycles. The fourth-order valence-corrected chi connectivity index (χ4v) is 8.55. The van der Waals surface area contributed by atoms with Gasteiger partial charge in [-0.1, -0.05) is 133 Å². The van der Waals surface area contributed by atoms with E-state index >= 15 is 0 Å². The summed E-state index contributed by atoms with van der Waals surface area (Å²) in [6.07, 6.45) is 0. The van der Waals surface area contributed by atoms with Gasteiger partial charge in [0.05, 0.1) is 11.4 Å². The molecular formula is C46H29NOS. The van der Waals surface area contributed by atoms with Crippen LogP contribution in [0.1, 0.15) is 0 Å². The van der Waals surface area contributed by atoms with Crippen LogP contribution in [0.2, 0.25) is 0 Å². The second-order valence-electron chi connectivity index (χ2n) is 12.5. The molecule has 0 bridgehead atoms. The van der Waals surface area contributed by atoms with Crippen molar-refractivity contribution in [3.63, 3.8) is 0 Å². The molecule has 0 spiro atoms. The lowest BCUT2D eigenvalue weighted by Gasteiger charge is -2.27. The summed E-state index contributed by atoms with van der Waals surface area (Å²) in [5.74, 6) is 0. The van der Waals surface area contributed by atoms with Crippen molar-refractivity contribution >= 4 is 81.3 Å². The van der Waals surface area contributed by atoms with E-state index in [1.807, 2.05) is 17.4 Å². The molecule has 0 aliphatic rings. The van der Waals surface area contributed by atoms with E-state index in [1.54, 1.807) is 0 Å². The van der Waals surface area contributed by atoms with Crippen molar-refractivity contribution < 1.29 is 4.42 Å². The molecule has 2 heterocycles. The van der Waals surface area contributed by atoms with Crippen LogP contribution in [0.25, 0.3) is 75.1 Å². The number of furan rings is 1. The van der Waals surface area contributed by atoms with Crippen molar-refractivity contribution in [3.05, 3.63) is 176 Å². The lowest BCUT2D eigenvalue weighted by atomic mass is 9.99. The van der Waals surface area contributed by atoms with Crippen LogP contribution in [0.3, 0.4) is 0 Å². The van der Waals surface area contributed by atoms with Gasteiger partial charge in [0, 0.05) is 47.4 Å². The van der Waals surface area contributed by atoms with Crippen molar-refractivity contribution in [3.8, 4) is 22.3 Å². The van der Waals surface area contributed by atoms with Gasteiger partial charge in [-0.25, -0.2) is 0 Å². The molecule has 49 heavy (non-hydrogen) atoms. The summed E-state index contributed by atoms with van der Waals surface area (Å²) in [5.41, 5.74) is 9.76. The Morgan fingerprint density at radius 1 is 0.388 bits per heavy atom. The summed E-state index contributed by atoms with van der Waals surface area (Å²) in [6.45, 7) is 0. The molecule has 0 amide bonds. The van der Waals surface area contributed by atoms with Crippen molar-refractivity contribution in [2.75, 3.05) is 4.90 Å². The first-order chi connectivity index (χ1) is 24.3. The summed E-state index contributed by atoms with van der Waals surface area (Å²) in [6, 6.07) is 63.1. The van der Waals surface area contributed by atoms with E-state index < -0.39 is 0 Å². The molecule has 2 aromatic heterocycles. The number of hydrogen-bond acceptors (Lipinski definition) is 3. The van der Waals surface area contributed by atoms with Gasteiger partial charge in [-0.2, -0.15) is 0 Å². The number of nitrogens with zero attached hydrogens (tertiary/aromatic N) is 1. The molecule has 10 rings (SSSR count). The highest BCUT2D eigenvalue weighted by Crippen LogP contribution is 2.49. The molecule has 10 aromatic rings. The minimum atomic E-state index is 0.875. The highest BCUT2D eigenvalue weighted by atomic mass is 32.1. The molecule has 0 fully saturated rings. The van der Waals surface area contributed by atoms with Gasteiger partial charge >= 0.3 is 0 Å². The summed E-state index contributed by atoms with van der Waals surface area (Å²) in [7, 11) is 0. The van der Waals surface area contributed by atoms with Crippen molar-refractivity contribution in [2.45, 2.75) is 0 Å². The van der Waals surface area contributed by atoms with E-state index in [-0.39, 0.29) is 0 Å². The fourth-order valence-electron chi connectivity index (χ4n) is 7.35. The van der Waals surface area contributed by atoms with Crippen LogP contribution in [0.5, 0.6) is 0 Å². The standard InChI is InChI=1S/C46H29NOS/c1-3-13-30(14-4-1)32-17-11-18-34(27-32)47(41-23-12-22-37-36-20-9-10-24-43(36)48-45(37)41)42-29-40-39-28-33(31-15-5-2-6-16-31)25-26-44(39)49-46(40)38-21-8-7-19-35(38)42/h1-29H. The second kappa shape index (κ2) is 11.2. The van der Waals surface area contributed by atoms with Gasteiger partial charge in [0.15, 0.2) is 5.58 Å². The lowest BCUT2D eigenvalue weighted by Crippen LogP contribution is -2.11. The van der Waals surface area contributed by atoms with E-state index in [0.717, 1.165) is 39.0 Å². The maximum atomic E-state index is 6.70. The highest BCUT2D eigenvalue weighted by molar-refractivity contribution is 7.26. The monoisotopic (exact) mass is 643 g/mol. The zero-order chi connectivity index (χ0) is 32.3. The van der Waals surface area contributed by atoms with E-state index in [1.165, 1.54) is 53.2 Å². The SMILES string of the molecule is c1ccc(-c2cccc(N(c3cc4c5cc(-c6ccccc6)ccc5sc4c4ccccc34)c3cccc4c3oc3ccccc34)c2)cc1. The molecule has 0 atom stereocenters. The number of para-hydroxylation sites is 2. The normalized spacial score (nSPS) is 11.7. The second-order valence-corrected chi connectivity index (χ2v) is 13.6. The fraction of sp³-hybridized carbons (Fsp3) is 0. The molecule has 0 radical (unpaired) electrons. The molecule has 3 heteroatoms. The van der Waals surface area contributed by atoms with Gasteiger partial charge in [0.2, 0.25) is 0 Å². The largest absolute Gasteiger partial charge is 0.454 e. The number of benzene rings is 8. The Morgan fingerprint density at radius 2 is 1.02 bits per heavy atom. The Hall–Kier alpha value is -6.16. The summed E-state index contributed by atoms with van der Waals surface area (Å²) in [4.78, 5) is 2.41. The Morgan fingerprint density at radius 3 is 1.82 bits per heavy atom. The van der Waals surface area contributed by atoms with E-state index in [9.17, 15) is 0 Å². The third kappa shape index (κ3) is 4.55. The minimum absolute atomic E-state index is 0.875. The predicted molar refractivity (Wildman–Crippen MR) is 210 cm³/mol. The zero-order valence-electron chi connectivity index (χ0n) is 26.5. The van der Waals surface area contributed by atoms with Crippen LogP contribution in [-0.2, 0) is 0 Å². The van der Waals surface area contributed by atoms with Gasteiger partial charge in [0.1, 0.15) is 5.58 Å². The molecule has 0 saturated carbocycles. The van der Waals surface area contributed by atoms with Crippen molar-refractivity contribution in [1.82, 2.24) is 0 Å². The Balaban J connectivity index is 1.30. The van der Waals surface area contributed by atoms with E-state index in [2.05, 4.69) is 175 Å². The first-order valence-corrected chi connectivity index (χ1v) is 17.4. The molecule has 230 valence electrons. The highest BCUT2D eigenvalue weighted by Gasteiger charge is 2.23. The summed E-state index contributed by atoms with van der Waals surface area (Å²) in [5, 5.41) is 7.20. The molecule has 2 nitrogen and oxygen atoms in total. The Bertz CT molecular complexity index is 2830. The maximum absolute atomic E-state index is 6.70. The third-order valence-electron chi connectivity index (χ3n) is 9.64. The number of hydrogen-bond donors (Lipinski definition) is 0. The van der Waals surface area contributed by atoms with Crippen LogP contribution in [0.15, 0.2) is 180 Å². The minimum Gasteiger partial charge on any atom is -0.454 e. The quantitative estimate of drug-likeness (QED) is 0.186. The van der Waals surface area contributed by atoms with Crippen molar-refractivity contribution in [1.29, 1.82) is 0 Å². The maximum Gasteiger partial charge on any atom is 0.159 e. The van der Waals surface area contributed by atoms with Gasteiger partial charge in [0.25, 0.3) is 0 Å². The van der Waals surface area contributed by atoms with Crippen LogP contribution < -0.4 is 4.90 Å². The summed E-state index contributed by atoms with van der Waals surface area (Å²) >= 11 is 1.88. The first-order valence-electron chi connectivity index (χ1n) is 16.6. The smallest absolute Gasteiger partial charge is 0.159 e. The first kappa shape index (κ1) is 27.9. The van der Waals surface area contributed by atoms with Crippen LogP contribution in [-0.4, -0.2) is 0 Å². The molecule has 8 aromatic carbocycles. The Kier molecular flexibility index (Phi) is 6.39. The summed E-state index contributed by atoms with van der Waals surface area (Å²) < 4.78 is 9.29. The average Bonchev–Trinajstić information content (AvgIpc) is 3.75. The number of rotatable bonds is 5. The van der Waals surface area contributed by atoms with Gasteiger partial charge < -0.3 is 9.32 Å². The van der Waals surface area contributed by atoms with Crippen molar-refractivity contribution in [2.24, 2.45) is 0 Å². The van der Waals surface area contributed by atoms with Gasteiger partial charge in [-0.15, -0.1) is 11.3 Å². The molecule has 0 N–H and O–H groups in total. The third-order valence-corrected chi connectivity index (χ3v) is 10.9. The van der Waals surface area contributed by atoms with Crippen LogP contribution in [0, 0.1) is 0 Å². The molecular weight excluding hydrogens is 615 g/mol. The molecule has 0 unspecified atom stereocenters. The Labute approximate surface area is 287 Å². The molecule has 0 aliphatic heterocycles. The topological polar surface area (TPSA) is 16.4 Å². The van der Waals surface area contributed by atoms with E-state index in [4.69, 9.17) is 4.42 Å². The number of fused-ring (bicyclic) bond motifs is 8. The number of anilines is 3. The van der Waals surface area contributed by atoms with Crippen LogP contribution in [0.4, 0.5) is 17.1 Å². The van der Waals surface area contributed by atoms with Gasteiger partial charge in [-0.3, -0.25) is 0 Å². The molecule has 0 saturated heterocycles. The lowest BCUT2D eigenvalue weighted by molar-refractivity contribution is 0.669. The van der Waals surface area contributed by atoms with Gasteiger partial charge in [-0.05, 0) is 64.7 Å². The van der Waals surface area contributed by atoms with Crippen LogP contribution >= 0.6 is 11.3 Å². The number of thiophene rings is 1. The van der Waals surface area contributed by atoms with E-state index in [0.29, 0.717) is 0 Å². The zero-order valence-corrected chi connectivity index (χ0v) is 27.3. The predicted octanol–water partition coefficient (Wildman–Crippen LogP) is 13.9. The average molecular weight is 644 g/mol.